The average Bonchev–Trinajstić information content (AvgIpc) is 2.80. The number of rotatable bonds is 5. The van der Waals surface area contributed by atoms with Gasteiger partial charge in [0.1, 0.15) is 49.3 Å². The molecule has 0 aromatic heterocycles. The van der Waals surface area contributed by atoms with Gasteiger partial charge in [0.15, 0.2) is 6.29 Å². The first-order valence-corrected chi connectivity index (χ1v) is 7.05. The van der Waals surface area contributed by atoms with Crippen LogP contribution in [0.2, 0.25) is 0 Å². The van der Waals surface area contributed by atoms with Gasteiger partial charge in [-0.25, -0.2) is 0 Å². The minimum atomic E-state index is -2.22. The second-order valence-electron chi connectivity index (χ2n) is 5.56. The summed E-state index contributed by atoms with van der Waals surface area (Å²) >= 11 is 0. The fraction of sp³-hybridized carbons (Fsp3) is 1.00. The smallest absolute Gasteiger partial charge is 0.224 e. The quantitative estimate of drug-likeness (QED) is 0.230. The summed E-state index contributed by atoms with van der Waals surface area (Å²) in [4.78, 5) is 0. The molecule has 1 unspecified atom stereocenters. The van der Waals surface area contributed by atoms with E-state index in [1.54, 1.807) is 0 Å². The number of hydrogen-bond donors (Lipinski definition) is 8. The lowest BCUT2D eigenvalue weighted by atomic mass is 9.99. The van der Waals surface area contributed by atoms with E-state index in [9.17, 15) is 30.6 Å². The van der Waals surface area contributed by atoms with Crippen LogP contribution < -0.4 is 0 Å². The van der Waals surface area contributed by atoms with Gasteiger partial charge < -0.3 is 60.5 Å². The van der Waals surface area contributed by atoms with E-state index in [2.05, 4.69) is 0 Å². The highest BCUT2D eigenvalue weighted by Gasteiger charge is 2.58. The van der Waals surface area contributed by atoms with Crippen LogP contribution in [-0.4, -0.2) is 121 Å². The van der Waals surface area contributed by atoms with Gasteiger partial charge in [-0.15, -0.1) is 0 Å². The molecule has 0 aliphatic carbocycles. The van der Waals surface area contributed by atoms with Crippen molar-refractivity contribution in [3.63, 3.8) is 0 Å². The van der Waals surface area contributed by atoms with Crippen molar-refractivity contribution in [3.05, 3.63) is 0 Å². The Labute approximate surface area is 136 Å². The summed E-state index contributed by atoms with van der Waals surface area (Å²) in [7, 11) is 0. The minimum absolute atomic E-state index is 0. The molecule has 2 heterocycles. The summed E-state index contributed by atoms with van der Waals surface area (Å²) in [5.74, 6) is -2.22. The zero-order chi connectivity index (χ0) is 17.4. The highest BCUT2D eigenvalue weighted by atomic mass is 16.8. The molecule has 0 bridgehead atoms. The van der Waals surface area contributed by atoms with Gasteiger partial charge in [0.25, 0.3) is 0 Å². The first kappa shape index (κ1) is 21.6. The predicted octanol–water partition coefficient (Wildman–Crippen LogP) is -6.22. The lowest BCUT2D eigenvalue weighted by molar-refractivity contribution is -0.383. The number of ether oxygens (including phenoxy) is 3. The second kappa shape index (κ2) is 8.27. The van der Waals surface area contributed by atoms with Crippen LogP contribution in [0, 0.1) is 0 Å². The van der Waals surface area contributed by atoms with Crippen LogP contribution in [-0.2, 0) is 14.2 Å². The Morgan fingerprint density at radius 2 is 1.38 bits per heavy atom. The molecule has 2 aliphatic heterocycles. The molecule has 0 saturated carbocycles. The van der Waals surface area contributed by atoms with E-state index in [1.807, 2.05) is 0 Å². The van der Waals surface area contributed by atoms with Gasteiger partial charge in [-0.05, 0) is 0 Å². The molecule has 10 N–H and O–H groups in total. The van der Waals surface area contributed by atoms with Crippen LogP contribution in [0.4, 0.5) is 0 Å². The largest absolute Gasteiger partial charge is 0.412 e. The van der Waals surface area contributed by atoms with Crippen LogP contribution in [0.5, 0.6) is 0 Å². The maximum absolute atomic E-state index is 10.00. The molecule has 0 aromatic rings. The molecule has 0 radical (unpaired) electrons. The monoisotopic (exact) mass is 360 g/mol. The van der Waals surface area contributed by atoms with Crippen LogP contribution >= 0.6 is 0 Å². The summed E-state index contributed by atoms with van der Waals surface area (Å²) in [6.07, 6.45) is -12.7. The number of aliphatic hydroxyl groups excluding tert-OH is 8. The molecule has 9 atom stereocenters. The van der Waals surface area contributed by atoms with Crippen molar-refractivity contribution in [2.24, 2.45) is 0 Å². The maximum atomic E-state index is 10.00. The van der Waals surface area contributed by atoms with Gasteiger partial charge in [0.2, 0.25) is 5.79 Å². The van der Waals surface area contributed by atoms with Crippen molar-refractivity contribution in [1.29, 1.82) is 0 Å². The van der Waals surface area contributed by atoms with E-state index < -0.39 is 74.6 Å². The van der Waals surface area contributed by atoms with Gasteiger partial charge in [-0.2, -0.15) is 0 Å². The SMILES string of the molecule is O.OC[C@H]1OC(CO)(O[C@H]2O[C@H](CO)[C@@H](O)[C@H](O)[C@H]2O)[C@@H](O)[C@@H]1O. The van der Waals surface area contributed by atoms with Crippen LogP contribution in [0.3, 0.4) is 0 Å². The summed E-state index contributed by atoms with van der Waals surface area (Å²) in [5.41, 5.74) is 0. The van der Waals surface area contributed by atoms with Crippen LogP contribution in [0.15, 0.2) is 0 Å². The lowest BCUT2D eigenvalue weighted by Gasteiger charge is -2.43. The molecule has 144 valence electrons. The van der Waals surface area contributed by atoms with E-state index in [1.165, 1.54) is 0 Å². The second-order valence-corrected chi connectivity index (χ2v) is 5.56. The molecule has 12 nitrogen and oxygen atoms in total. The van der Waals surface area contributed by atoms with Crippen molar-refractivity contribution in [2.45, 2.75) is 54.8 Å². The summed E-state index contributed by atoms with van der Waals surface area (Å²) < 4.78 is 15.4. The predicted molar refractivity (Wildman–Crippen MR) is 72.3 cm³/mol. The molecular weight excluding hydrogens is 336 g/mol. The lowest BCUT2D eigenvalue weighted by Crippen LogP contribution is -2.62. The van der Waals surface area contributed by atoms with Crippen molar-refractivity contribution >= 4 is 0 Å². The number of aliphatic hydroxyl groups is 8. The van der Waals surface area contributed by atoms with E-state index >= 15 is 0 Å². The molecule has 2 rings (SSSR count). The zero-order valence-corrected chi connectivity index (χ0v) is 12.5. The topological polar surface area (TPSA) is 221 Å². The van der Waals surface area contributed by atoms with Gasteiger partial charge in [0, 0.05) is 0 Å². The summed E-state index contributed by atoms with van der Waals surface area (Å²) in [6, 6.07) is 0. The molecule has 0 amide bonds. The Kier molecular flexibility index (Phi) is 7.43. The molecule has 2 fully saturated rings. The van der Waals surface area contributed by atoms with Crippen molar-refractivity contribution in [2.75, 3.05) is 19.8 Å². The Balaban J connectivity index is 0.00000288. The maximum Gasteiger partial charge on any atom is 0.224 e. The van der Waals surface area contributed by atoms with Gasteiger partial charge in [0.05, 0.1) is 13.2 Å². The Bertz CT molecular complexity index is 394. The number of hydrogen-bond acceptors (Lipinski definition) is 11. The van der Waals surface area contributed by atoms with Crippen LogP contribution in [0.1, 0.15) is 0 Å². The summed E-state index contributed by atoms with van der Waals surface area (Å²) in [5, 5.41) is 76.7. The van der Waals surface area contributed by atoms with Crippen molar-refractivity contribution in [3.8, 4) is 0 Å². The Morgan fingerprint density at radius 1 is 0.792 bits per heavy atom. The molecule has 2 aliphatic rings. The fourth-order valence-electron chi connectivity index (χ4n) is 2.63. The average molecular weight is 360 g/mol. The third kappa shape index (κ3) is 3.55. The normalized spacial score (nSPS) is 49.0. The van der Waals surface area contributed by atoms with E-state index in [4.69, 9.17) is 24.4 Å². The molecule has 0 spiro atoms. The van der Waals surface area contributed by atoms with E-state index in [0.717, 1.165) is 0 Å². The van der Waals surface area contributed by atoms with Gasteiger partial charge in [-0.3, -0.25) is 0 Å². The first-order chi connectivity index (χ1) is 10.8. The van der Waals surface area contributed by atoms with Crippen LogP contribution in [0.25, 0.3) is 0 Å². The molecule has 24 heavy (non-hydrogen) atoms. The molecule has 0 aromatic carbocycles. The minimum Gasteiger partial charge on any atom is -0.412 e. The standard InChI is InChI=1S/C12H22O11.H2O/c13-1-4-6(16)8(18)9(19)11(21-4)23-12(3-15)10(20)7(17)5(2-14)22-12;/h4-11,13-20H,1-3H2;1H2/t4-,5-,6-,7-,8+,9-,10+,11-,12?;/m1./s1. The molecule has 2 saturated heterocycles. The third-order valence-corrected chi connectivity index (χ3v) is 4.07. The highest BCUT2D eigenvalue weighted by Crippen LogP contribution is 2.35. The first-order valence-electron chi connectivity index (χ1n) is 7.05. The third-order valence-electron chi connectivity index (χ3n) is 4.07. The molecule has 12 heteroatoms. The van der Waals surface area contributed by atoms with E-state index in [0.29, 0.717) is 0 Å². The zero-order valence-electron chi connectivity index (χ0n) is 12.5. The van der Waals surface area contributed by atoms with Crippen molar-refractivity contribution < 1.29 is 60.5 Å². The summed E-state index contributed by atoms with van der Waals surface area (Å²) in [6.45, 7) is -2.32. The Hall–Kier alpha value is -0.480. The molecular formula is C12H24O12. The Morgan fingerprint density at radius 3 is 1.83 bits per heavy atom. The van der Waals surface area contributed by atoms with E-state index in [-0.39, 0.29) is 5.48 Å². The van der Waals surface area contributed by atoms with Gasteiger partial charge >= 0.3 is 0 Å². The highest BCUT2D eigenvalue weighted by molar-refractivity contribution is 4.98. The fourth-order valence-corrected chi connectivity index (χ4v) is 2.63. The van der Waals surface area contributed by atoms with Crippen molar-refractivity contribution in [1.82, 2.24) is 0 Å². The van der Waals surface area contributed by atoms with Gasteiger partial charge in [-0.1, -0.05) is 0 Å².